The zero-order chi connectivity index (χ0) is 27.7. The third-order valence-corrected chi connectivity index (χ3v) is 9.84. The van der Waals surface area contributed by atoms with Crippen molar-refractivity contribution in [3.8, 4) is 16.9 Å². The van der Waals surface area contributed by atoms with Gasteiger partial charge in [-0.15, -0.1) is 11.3 Å². The minimum absolute atomic E-state index is 0.114. The number of halogens is 1. The molecule has 2 amide bonds. The molecule has 2 atom stereocenters. The summed E-state index contributed by atoms with van der Waals surface area (Å²) in [6, 6.07) is 8.43. The Kier molecular flexibility index (Phi) is 6.21. The third-order valence-electron chi connectivity index (χ3n) is 8.48. The van der Waals surface area contributed by atoms with E-state index in [9.17, 15) is 9.59 Å². The zero-order valence-electron chi connectivity index (χ0n) is 22.7. The van der Waals surface area contributed by atoms with Gasteiger partial charge in [-0.05, 0) is 57.6 Å². The number of nitrogens with zero attached hydrogens (tertiary/aromatic N) is 5. The Morgan fingerprint density at radius 3 is 2.67 bits per heavy atom. The van der Waals surface area contributed by atoms with Gasteiger partial charge in [0, 0.05) is 70.7 Å². The topological polar surface area (TPSA) is 80.6 Å². The van der Waals surface area contributed by atoms with E-state index in [2.05, 4.69) is 24.0 Å². The molecule has 1 fully saturated rings. The number of amides is 2. The predicted octanol–water partition coefficient (Wildman–Crippen LogP) is 5.09. The van der Waals surface area contributed by atoms with Crippen LogP contribution in [0, 0.1) is 0 Å². The number of hydrogen-bond acceptors (Lipinski definition) is 7. The molecule has 0 spiro atoms. The number of imide groups is 1. The predicted molar refractivity (Wildman–Crippen MR) is 155 cm³/mol. The van der Waals surface area contributed by atoms with Gasteiger partial charge in [0.15, 0.2) is 0 Å². The lowest BCUT2D eigenvalue weighted by Crippen LogP contribution is -2.33. The van der Waals surface area contributed by atoms with Crippen molar-refractivity contribution in [2.75, 3.05) is 14.1 Å². The Morgan fingerprint density at radius 2 is 1.90 bits per heavy atom. The number of likely N-dealkylation sites (N-methyl/N-ethyl adjacent to an activating group) is 1. The van der Waals surface area contributed by atoms with Crippen molar-refractivity contribution < 1.29 is 14.3 Å². The molecule has 7 rings (SSSR count). The lowest BCUT2D eigenvalue weighted by molar-refractivity contribution is -0.138. The average molecular weight is 576 g/mol. The summed E-state index contributed by atoms with van der Waals surface area (Å²) in [6.45, 7) is 0.282. The van der Waals surface area contributed by atoms with Gasteiger partial charge < -0.3 is 9.64 Å². The average Bonchev–Trinajstić information content (AvgIpc) is 3.68. The van der Waals surface area contributed by atoms with E-state index in [-0.39, 0.29) is 37.3 Å². The molecule has 1 aromatic carbocycles. The lowest BCUT2D eigenvalue weighted by Gasteiger charge is -2.28. The van der Waals surface area contributed by atoms with Gasteiger partial charge in [-0.1, -0.05) is 11.6 Å². The second-order valence-electron chi connectivity index (χ2n) is 11.2. The number of carbonyl (C=O) groups is 2. The quantitative estimate of drug-likeness (QED) is 0.308. The first-order valence-corrected chi connectivity index (χ1v) is 14.9. The Morgan fingerprint density at radius 1 is 1.10 bits per heavy atom. The van der Waals surface area contributed by atoms with Gasteiger partial charge >= 0.3 is 0 Å². The summed E-state index contributed by atoms with van der Waals surface area (Å²) in [5.41, 5.74) is 7.48. The number of carbonyl (C=O) groups excluding carboxylic acids is 2. The molecule has 1 aliphatic carbocycles. The van der Waals surface area contributed by atoms with Crippen LogP contribution in [-0.2, 0) is 42.4 Å². The van der Waals surface area contributed by atoms with Gasteiger partial charge in [-0.3, -0.25) is 24.2 Å². The van der Waals surface area contributed by atoms with Crippen LogP contribution in [0.3, 0.4) is 0 Å². The number of benzene rings is 1. The van der Waals surface area contributed by atoms with Gasteiger partial charge in [0.2, 0.25) is 11.8 Å². The molecule has 3 aromatic heterocycles. The van der Waals surface area contributed by atoms with Crippen LogP contribution in [0.25, 0.3) is 21.3 Å². The van der Waals surface area contributed by atoms with Crippen molar-refractivity contribution in [3.63, 3.8) is 0 Å². The van der Waals surface area contributed by atoms with E-state index in [1.54, 1.807) is 17.5 Å². The summed E-state index contributed by atoms with van der Waals surface area (Å²) in [4.78, 5) is 33.6. The first-order chi connectivity index (χ1) is 19.3. The molecular weight excluding hydrogens is 546 g/mol. The van der Waals surface area contributed by atoms with Gasteiger partial charge in [0.25, 0.3) is 0 Å². The molecule has 5 heterocycles. The number of aryl methyl sites for hydroxylation is 2. The Labute approximate surface area is 241 Å². The highest BCUT2D eigenvalue weighted by atomic mass is 35.5. The van der Waals surface area contributed by atoms with E-state index in [0.29, 0.717) is 11.1 Å². The van der Waals surface area contributed by atoms with Crippen molar-refractivity contribution >= 4 is 45.0 Å². The Bertz CT molecular complexity index is 1680. The maximum absolute atomic E-state index is 12.2. The molecule has 10 heteroatoms. The van der Waals surface area contributed by atoms with Crippen LogP contribution in [0.2, 0.25) is 5.02 Å². The highest BCUT2D eigenvalue weighted by Gasteiger charge is 2.36. The highest BCUT2D eigenvalue weighted by molar-refractivity contribution is 7.19. The molecule has 40 heavy (non-hydrogen) atoms. The number of aromatic nitrogens is 3. The monoisotopic (exact) mass is 575 g/mol. The van der Waals surface area contributed by atoms with E-state index in [0.717, 1.165) is 68.9 Å². The molecule has 1 saturated heterocycles. The van der Waals surface area contributed by atoms with E-state index in [1.807, 2.05) is 36.0 Å². The summed E-state index contributed by atoms with van der Waals surface area (Å²) in [7, 11) is 6.32. The number of thiophene rings is 1. The fourth-order valence-electron chi connectivity index (χ4n) is 6.46. The maximum Gasteiger partial charge on any atom is 0.230 e. The van der Waals surface area contributed by atoms with Gasteiger partial charge in [0.05, 0.1) is 28.1 Å². The molecule has 0 bridgehead atoms. The summed E-state index contributed by atoms with van der Waals surface area (Å²) < 4.78 is 9.78. The standard InChI is InChI=1S/C30H30ClN5O3S/c1-34(2)18-4-5-23-22(13-18)28(35(3)33-23)25-11-16-10-17(31)12-21(29(16)39-25)20-8-9-32-24-14-19(40-30(20)24)15-36-26(37)6-7-27(36)38/h8-10,12,14,18,25H,4-7,11,13,15H2,1-3H3/t18?,25-/m1/s1. The number of fused-ring (bicyclic) bond motifs is 3. The summed E-state index contributed by atoms with van der Waals surface area (Å²) >= 11 is 8.24. The molecule has 206 valence electrons. The normalized spacial score (nSPS) is 20.5. The van der Waals surface area contributed by atoms with Crippen LogP contribution in [-0.4, -0.2) is 56.5 Å². The molecule has 0 radical (unpaired) electrons. The largest absolute Gasteiger partial charge is 0.483 e. The van der Waals surface area contributed by atoms with Crippen molar-refractivity contribution in [2.45, 2.75) is 57.2 Å². The van der Waals surface area contributed by atoms with Crippen LogP contribution in [0.4, 0.5) is 0 Å². The van der Waals surface area contributed by atoms with Crippen molar-refractivity contribution in [1.82, 2.24) is 24.6 Å². The van der Waals surface area contributed by atoms with Gasteiger partial charge in [0.1, 0.15) is 11.9 Å². The Hall–Kier alpha value is -3.27. The van der Waals surface area contributed by atoms with Crippen LogP contribution < -0.4 is 4.74 Å². The van der Waals surface area contributed by atoms with Crippen molar-refractivity contribution in [2.24, 2.45) is 7.05 Å². The molecule has 1 unspecified atom stereocenters. The second-order valence-corrected chi connectivity index (χ2v) is 12.8. The number of hydrogen-bond donors (Lipinski definition) is 0. The fourth-order valence-corrected chi connectivity index (χ4v) is 7.83. The molecule has 2 aliphatic heterocycles. The summed E-state index contributed by atoms with van der Waals surface area (Å²) in [5.74, 6) is 0.616. The van der Waals surface area contributed by atoms with Gasteiger partial charge in [-0.25, -0.2) is 0 Å². The van der Waals surface area contributed by atoms with Crippen LogP contribution in [0.1, 0.15) is 52.8 Å². The van der Waals surface area contributed by atoms with E-state index < -0.39 is 0 Å². The third kappa shape index (κ3) is 4.22. The van der Waals surface area contributed by atoms with Crippen molar-refractivity contribution in [1.29, 1.82) is 0 Å². The van der Waals surface area contributed by atoms with Crippen LogP contribution in [0.15, 0.2) is 30.5 Å². The minimum atomic E-state index is -0.141. The zero-order valence-corrected chi connectivity index (χ0v) is 24.3. The molecule has 4 aromatic rings. The van der Waals surface area contributed by atoms with Gasteiger partial charge in [-0.2, -0.15) is 5.10 Å². The number of pyridine rings is 1. The van der Waals surface area contributed by atoms with E-state index in [1.165, 1.54) is 16.2 Å². The Balaban J connectivity index is 1.25. The first-order valence-electron chi connectivity index (χ1n) is 13.7. The van der Waals surface area contributed by atoms with E-state index >= 15 is 0 Å². The minimum Gasteiger partial charge on any atom is -0.483 e. The molecule has 0 saturated carbocycles. The first kappa shape index (κ1) is 25.7. The number of ether oxygens (including phenoxy) is 1. The SMILES string of the molecule is CN(C)C1CCc2nn(C)c([C@H]3Cc4cc(Cl)cc(-c5ccnc6cc(CN7C(=O)CCC7=O)sc56)c4O3)c2C1. The molecule has 8 nitrogen and oxygen atoms in total. The maximum atomic E-state index is 12.2. The smallest absolute Gasteiger partial charge is 0.230 e. The van der Waals surface area contributed by atoms with E-state index in [4.69, 9.17) is 21.4 Å². The number of likely N-dealkylation sites (tertiary alicyclic amines) is 1. The molecule has 0 N–H and O–H groups in total. The lowest BCUT2D eigenvalue weighted by atomic mass is 9.89. The fraction of sp³-hybridized carbons (Fsp3) is 0.400. The number of rotatable bonds is 5. The van der Waals surface area contributed by atoms with Crippen LogP contribution >= 0.6 is 22.9 Å². The van der Waals surface area contributed by atoms with Crippen molar-refractivity contribution in [3.05, 3.63) is 62.9 Å². The highest BCUT2D eigenvalue weighted by Crippen LogP contribution is 2.48. The second kappa shape index (κ2) is 9.68. The van der Waals surface area contributed by atoms with Crippen LogP contribution in [0.5, 0.6) is 5.75 Å². The molecular formula is C30H30ClN5O3S. The summed E-state index contributed by atoms with van der Waals surface area (Å²) in [6.07, 6.45) is 6.02. The molecule has 3 aliphatic rings. The summed E-state index contributed by atoms with van der Waals surface area (Å²) in [5, 5.41) is 5.54.